The Morgan fingerprint density at radius 2 is 1.80 bits per heavy atom. The summed E-state index contributed by atoms with van der Waals surface area (Å²) in [5.74, 6) is -0.0144. The number of carbonyl (C=O) groups excluding carboxylic acids is 1. The van der Waals surface area contributed by atoms with Crippen LogP contribution >= 0.6 is 30.7 Å². The van der Waals surface area contributed by atoms with E-state index in [1.165, 1.54) is 11.8 Å². The number of thiazole rings is 1. The van der Waals surface area contributed by atoms with Gasteiger partial charge in [-0.1, -0.05) is 23.5 Å². The van der Waals surface area contributed by atoms with Gasteiger partial charge in [0.2, 0.25) is 5.91 Å². The fourth-order valence-electron chi connectivity index (χ4n) is 2.59. The molecular formula is C20H24N3O4PS2. The molecule has 0 saturated carbocycles. The number of benzene rings is 2. The minimum Gasteiger partial charge on any atom is -0.344 e. The second-order valence-electron chi connectivity index (χ2n) is 6.13. The number of fused-ring (bicyclic) bond motifs is 1. The average Bonchev–Trinajstić information content (AvgIpc) is 3.14. The van der Waals surface area contributed by atoms with Gasteiger partial charge in [-0.3, -0.25) is 9.36 Å². The number of nitrogens with one attached hydrogen (secondary N) is 2. The Hall–Kier alpha value is -1.90. The van der Waals surface area contributed by atoms with Gasteiger partial charge in [-0.25, -0.2) is 4.98 Å². The van der Waals surface area contributed by atoms with Gasteiger partial charge in [-0.05, 0) is 50.2 Å². The first-order valence-electron chi connectivity index (χ1n) is 9.51. The fraction of sp³-hybridized carbons (Fsp3) is 0.300. The largest absolute Gasteiger partial charge is 0.349 e. The molecule has 0 fully saturated rings. The molecule has 1 aromatic heterocycles. The van der Waals surface area contributed by atoms with Crippen LogP contribution in [0.25, 0.3) is 10.2 Å². The fourth-order valence-corrected chi connectivity index (χ4v) is 5.62. The van der Waals surface area contributed by atoms with Crippen molar-refractivity contribution in [1.29, 1.82) is 0 Å². The number of thioether (sulfide) groups is 1. The highest BCUT2D eigenvalue weighted by Crippen LogP contribution is 2.46. The van der Waals surface area contributed by atoms with Crippen LogP contribution in [0.15, 0.2) is 53.4 Å². The molecule has 30 heavy (non-hydrogen) atoms. The third-order valence-electron chi connectivity index (χ3n) is 3.89. The minimum atomic E-state index is -3.27. The number of rotatable bonds is 11. The normalized spacial score (nSPS) is 11.5. The van der Waals surface area contributed by atoms with Crippen LogP contribution in [0.2, 0.25) is 0 Å². The minimum absolute atomic E-state index is 0.126. The number of hydrogen-bond donors (Lipinski definition) is 2. The molecule has 0 aliphatic heterocycles. The lowest BCUT2D eigenvalue weighted by atomic mass is 10.3. The Labute approximate surface area is 184 Å². The number of nitrogens with zero attached hydrogens (tertiary/aromatic N) is 1. The molecule has 0 saturated heterocycles. The lowest BCUT2D eigenvalue weighted by Gasteiger charge is -2.17. The van der Waals surface area contributed by atoms with Crippen molar-refractivity contribution in [3.05, 3.63) is 48.5 Å². The Morgan fingerprint density at radius 3 is 2.47 bits per heavy atom. The maximum absolute atomic E-state index is 12.4. The zero-order chi connectivity index (χ0) is 21.4. The highest BCUT2D eigenvalue weighted by molar-refractivity contribution is 8.00. The first-order chi connectivity index (χ1) is 14.5. The average molecular weight is 466 g/mol. The monoisotopic (exact) mass is 465 g/mol. The van der Waals surface area contributed by atoms with Crippen molar-refractivity contribution in [3.8, 4) is 0 Å². The Bertz CT molecular complexity index is 983. The molecule has 1 amide bonds. The number of aromatic nitrogens is 1. The molecular weight excluding hydrogens is 441 g/mol. The number of amides is 1. The smallest absolute Gasteiger partial charge is 0.344 e. The van der Waals surface area contributed by atoms with Crippen LogP contribution in [0.4, 0.5) is 10.8 Å². The van der Waals surface area contributed by atoms with Crippen molar-refractivity contribution in [3.63, 3.8) is 0 Å². The number of hydrogen-bond acceptors (Lipinski definition) is 8. The van der Waals surface area contributed by atoms with Crippen LogP contribution < -0.4 is 10.6 Å². The zero-order valence-electron chi connectivity index (χ0n) is 16.8. The third-order valence-corrected chi connectivity index (χ3v) is 7.70. The summed E-state index contributed by atoms with van der Waals surface area (Å²) in [7, 11) is -3.27. The summed E-state index contributed by atoms with van der Waals surface area (Å²) in [4.78, 5) is 17.6. The SMILES string of the molecule is CCOP(=O)(CNC(=O)CSc1ccc(Nc2nc3ccccc3s2)cc1)OCC. The van der Waals surface area contributed by atoms with Crippen LogP contribution in [0, 0.1) is 0 Å². The van der Waals surface area contributed by atoms with Crippen molar-refractivity contribution in [2.24, 2.45) is 0 Å². The molecule has 3 aromatic rings. The first-order valence-corrected chi connectivity index (χ1v) is 13.0. The van der Waals surface area contributed by atoms with Crippen molar-refractivity contribution in [2.45, 2.75) is 18.7 Å². The number of carbonyl (C=O) groups is 1. The topological polar surface area (TPSA) is 89.5 Å². The molecule has 2 aromatic carbocycles. The van der Waals surface area contributed by atoms with Crippen LogP contribution in [0.1, 0.15) is 13.8 Å². The molecule has 160 valence electrons. The van der Waals surface area contributed by atoms with Crippen LogP contribution in [0.5, 0.6) is 0 Å². The molecule has 0 aliphatic rings. The second kappa shape index (κ2) is 10.9. The van der Waals surface area contributed by atoms with E-state index < -0.39 is 7.60 Å². The van der Waals surface area contributed by atoms with Gasteiger partial charge in [-0.2, -0.15) is 0 Å². The van der Waals surface area contributed by atoms with Crippen molar-refractivity contribution >= 4 is 57.6 Å². The van der Waals surface area contributed by atoms with Gasteiger partial charge in [0.15, 0.2) is 5.13 Å². The van der Waals surface area contributed by atoms with E-state index in [0.29, 0.717) is 0 Å². The maximum atomic E-state index is 12.4. The summed E-state index contributed by atoms with van der Waals surface area (Å²) in [6.45, 7) is 4.00. The van der Waals surface area contributed by atoms with Crippen molar-refractivity contribution < 1.29 is 18.4 Å². The number of anilines is 2. The van der Waals surface area contributed by atoms with Gasteiger partial charge in [0, 0.05) is 10.6 Å². The Balaban J connectivity index is 1.48. The second-order valence-corrected chi connectivity index (χ2v) is 10.3. The number of para-hydroxylation sites is 1. The highest BCUT2D eigenvalue weighted by Gasteiger charge is 2.24. The molecule has 10 heteroatoms. The molecule has 7 nitrogen and oxygen atoms in total. The molecule has 0 radical (unpaired) electrons. The summed E-state index contributed by atoms with van der Waals surface area (Å²) >= 11 is 3.00. The van der Waals surface area contributed by atoms with Gasteiger partial charge in [0.05, 0.1) is 29.2 Å². The van der Waals surface area contributed by atoms with Crippen LogP contribution in [0.3, 0.4) is 0 Å². The highest BCUT2D eigenvalue weighted by atomic mass is 32.2. The molecule has 0 spiro atoms. The van der Waals surface area contributed by atoms with Gasteiger partial charge < -0.3 is 19.7 Å². The summed E-state index contributed by atoms with van der Waals surface area (Å²) < 4.78 is 23.8. The maximum Gasteiger partial charge on any atom is 0.349 e. The molecule has 0 aliphatic carbocycles. The summed E-state index contributed by atoms with van der Waals surface area (Å²) in [6, 6.07) is 15.8. The van der Waals surface area contributed by atoms with Crippen molar-refractivity contribution in [2.75, 3.05) is 30.6 Å². The van der Waals surface area contributed by atoms with Crippen LogP contribution in [-0.4, -0.2) is 36.1 Å². The molecule has 0 atom stereocenters. The lowest BCUT2D eigenvalue weighted by Crippen LogP contribution is -2.27. The van der Waals surface area contributed by atoms with Gasteiger partial charge in [-0.15, -0.1) is 11.8 Å². The van der Waals surface area contributed by atoms with E-state index in [-0.39, 0.29) is 31.2 Å². The Kier molecular flexibility index (Phi) is 8.30. The quantitative estimate of drug-likeness (QED) is 0.287. The summed E-state index contributed by atoms with van der Waals surface area (Å²) in [5, 5.41) is 6.77. The predicted octanol–water partition coefficient (Wildman–Crippen LogP) is 5.47. The van der Waals surface area contributed by atoms with E-state index >= 15 is 0 Å². The van der Waals surface area contributed by atoms with Crippen LogP contribution in [-0.2, 0) is 18.4 Å². The van der Waals surface area contributed by atoms with E-state index in [0.717, 1.165) is 25.9 Å². The summed E-state index contributed by atoms with van der Waals surface area (Å²) in [6.07, 6.45) is -0.126. The lowest BCUT2D eigenvalue weighted by molar-refractivity contribution is -0.118. The van der Waals surface area contributed by atoms with E-state index in [4.69, 9.17) is 9.05 Å². The first kappa shape index (κ1) is 22.8. The van der Waals surface area contributed by atoms with Gasteiger partial charge in [0.1, 0.15) is 6.29 Å². The molecule has 3 rings (SSSR count). The van der Waals surface area contributed by atoms with E-state index in [9.17, 15) is 9.36 Å². The predicted molar refractivity (Wildman–Crippen MR) is 124 cm³/mol. The van der Waals surface area contributed by atoms with Gasteiger partial charge in [0.25, 0.3) is 0 Å². The summed E-state index contributed by atoms with van der Waals surface area (Å²) in [5.41, 5.74) is 1.90. The third kappa shape index (κ3) is 6.55. The van der Waals surface area contributed by atoms with Crippen molar-refractivity contribution in [1.82, 2.24) is 10.3 Å². The Morgan fingerprint density at radius 1 is 1.10 bits per heavy atom. The van der Waals surface area contributed by atoms with Gasteiger partial charge >= 0.3 is 7.60 Å². The van der Waals surface area contributed by atoms with E-state index in [1.807, 2.05) is 48.5 Å². The molecule has 2 N–H and O–H groups in total. The standard InChI is InChI=1S/C20H24N3O4PS2/c1-3-26-28(25,27-4-2)14-21-19(24)13-29-16-11-9-15(10-12-16)22-20-23-17-7-5-6-8-18(17)30-20/h5-12H,3-4,13-14H2,1-2H3,(H,21,24)(H,22,23). The zero-order valence-corrected chi connectivity index (χ0v) is 19.3. The molecule has 0 unspecified atom stereocenters. The molecule has 0 bridgehead atoms. The van der Waals surface area contributed by atoms with E-state index in [1.54, 1.807) is 25.2 Å². The van der Waals surface area contributed by atoms with E-state index in [2.05, 4.69) is 15.6 Å². The molecule has 1 heterocycles.